The van der Waals surface area contributed by atoms with Crippen molar-refractivity contribution in [2.45, 2.75) is 13.0 Å². The zero-order valence-corrected chi connectivity index (χ0v) is 15.9. The average molecular weight is 401 g/mol. The van der Waals surface area contributed by atoms with Crippen molar-refractivity contribution in [2.24, 2.45) is 0 Å². The number of aliphatic carboxylic acids is 1. The van der Waals surface area contributed by atoms with Crippen molar-refractivity contribution in [1.29, 1.82) is 5.26 Å². The fourth-order valence-corrected chi connectivity index (χ4v) is 2.40. The van der Waals surface area contributed by atoms with Crippen molar-refractivity contribution in [3.63, 3.8) is 0 Å². The summed E-state index contributed by atoms with van der Waals surface area (Å²) in [5.41, 5.74) is 0.455. The van der Waals surface area contributed by atoms with E-state index >= 15 is 0 Å². The molecule has 0 heterocycles. The highest BCUT2D eigenvalue weighted by Gasteiger charge is 2.19. The molecule has 0 bridgehead atoms. The monoisotopic (exact) mass is 400 g/mol. The first-order valence-electron chi connectivity index (χ1n) is 8.11. The zero-order chi connectivity index (χ0) is 20.7. The second-order valence-corrected chi connectivity index (χ2v) is 5.99. The van der Waals surface area contributed by atoms with E-state index in [1.165, 1.54) is 20.1 Å². The topological polar surface area (TPSA) is 109 Å². The van der Waals surface area contributed by atoms with Gasteiger partial charge in [-0.05, 0) is 31.2 Å². The van der Waals surface area contributed by atoms with Gasteiger partial charge in [0.15, 0.2) is 17.6 Å². The number of methoxy groups -OCH3 is 1. The molecule has 2 rings (SSSR count). The Kier molecular flexibility index (Phi) is 7.02. The van der Waals surface area contributed by atoms with Gasteiger partial charge in [0.25, 0.3) is 5.91 Å². The Morgan fingerprint density at radius 2 is 1.96 bits per heavy atom. The highest BCUT2D eigenvalue weighted by molar-refractivity contribution is 6.34. The third-order valence-corrected chi connectivity index (χ3v) is 3.99. The van der Waals surface area contributed by atoms with Gasteiger partial charge < -0.3 is 19.9 Å². The number of nitriles is 1. The van der Waals surface area contributed by atoms with Crippen molar-refractivity contribution in [1.82, 2.24) is 0 Å². The minimum Gasteiger partial charge on any atom is -0.493 e. The number of carboxylic acids is 1. The summed E-state index contributed by atoms with van der Waals surface area (Å²) in [7, 11) is 1.40. The van der Waals surface area contributed by atoms with E-state index in [9.17, 15) is 14.9 Å². The molecule has 0 aliphatic carbocycles. The summed E-state index contributed by atoms with van der Waals surface area (Å²) >= 11 is 6.02. The van der Waals surface area contributed by atoms with E-state index in [4.69, 9.17) is 26.2 Å². The van der Waals surface area contributed by atoms with Gasteiger partial charge in [-0.25, -0.2) is 4.79 Å². The number of para-hydroxylation sites is 2. The molecule has 8 heteroatoms. The lowest BCUT2D eigenvalue weighted by molar-refractivity contribution is -0.144. The van der Waals surface area contributed by atoms with Crippen LogP contribution in [0.3, 0.4) is 0 Å². The van der Waals surface area contributed by atoms with Crippen LogP contribution < -0.4 is 14.8 Å². The number of halogens is 1. The molecule has 0 radical (unpaired) electrons. The highest BCUT2D eigenvalue weighted by atomic mass is 35.5. The Hall–Kier alpha value is -3.50. The van der Waals surface area contributed by atoms with Crippen LogP contribution in [0.2, 0.25) is 5.02 Å². The Morgan fingerprint density at radius 1 is 1.25 bits per heavy atom. The molecule has 2 aromatic carbocycles. The molecule has 0 unspecified atom stereocenters. The molecule has 7 nitrogen and oxygen atoms in total. The van der Waals surface area contributed by atoms with E-state index in [2.05, 4.69) is 5.32 Å². The maximum Gasteiger partial charge on any atom is 0.344 e. The number of rotatable bonds is 7. The highest BCUT2D eigenvalue weighted by Crippen LogP contribution is 2.33. The van der Waals surface area contributed by atoms with Crippen LogP contribution in [0.4, 0.5) is 5.69 Å². The van der Waals surface area contributed by atoms with Crippen LogP contribution in [-0.2, 0) is 9.59 Å². The number of carboxylic acid groups (broad SMARTS) is 1. The Morgan fingerprint density at radius 3 is 2.57 bits per heavy atom. The van der Waals surface area contributed by atoms with E-state index in [0.717, 1.165) is 0 Å². The van der Waals surface area contributed by atoms with E-state index in [1.807, 2.05) is 6.07 Å². The van der Waals surface area contributed by atoms with Crippen molar-refractivity contribution >= 4 is 35.2 Å². The van der Waals surface area contributed by atoms with E-state index in [-0.39, 0.29) is 17.1 Å². The summed E-state index contributed by atoms with van der Waals surface area (Å²) in [5.74, 6) is -1.46. The first kappa shape index (κ1) is 20.8. The number of ether oxygens (including phenoxy) is 2. The molecule has 144 valence electrons. The van der Waals surface area contributed by atoms with E-state index in [0.29, 0.717) is 16.3 Å². The van der Waals surface area contributed by atoms with Gasteiger partial charge in [-0.3, -0.25) is 4.79 Å². The predicted molar refractivity (Wildman–Crippen MR) is 104 cm³/mol. The van der Waals surface area contributed by atoms with Gasteiger partial charge in [-0.2, -0.15) is 5.26 Å². The fraction of sp³-hybridized carbons (Fsp3) is 0.150. The summed E-state index contributed by atoms with van der Waals surface area (Å²) in [4.78, 5) is 23.6. The van der Waals surface area contributed by atoms with Gasteiger partial charge in [-0.15, -0.1) is 0 Å². The predicted octanol–water partition coefficient (Wildman–Crippen LogP) is 3.75. The summed E-state index contributed by atoms with van der Waals surface area (Å²) < 4.78 is 10.7. The Labute approximate surface area is 166 Å². The molecule has 2 aromatic rings. The van der Waals surface area contributed by atoms with Crippen LogP contribution in [0, 0.1) is 11.3 Å². The van der Waals surface area contributed by atoms with Gasteiger partial charge >= 0.3 is 5.97 Å². The van der Waals surface area contributed by atoms with Gasteiger partial charge in [0.05, 0.1) is 17.8 Å². The first-order chi connectivity index (χ1) is 13.4. The molecule has 1 amide bonds. The van der Waals surface area contributed by atoms with Crippen LogP contribution >= 0.6 is 11.6 Å². The molecule has 2 N–H and O–H groups in total. The molecule has 0 aliphatic rings. The second kappa shape index (κ2) is 9.44. The largest absolute Gasteiger partial charge is 0.493 e. The smallest absolute Gasteiger partial charge is 0.344 e. The average Bonchev–Trinajstić information content (AvgIpc) is 2.68. The van der Waals surface area contributed by atoms with Crippen molar-refractivity contribution in [2.75, 3.05) is 12.4 Å². The third-order valence-electron chi connectivity index (χ3n) is 3.66. The van der Waals surface area contributed by atoms with Crippen LogP contribution in [0.25, 0.3) is 6.08 Å². The zero-order valence-electron chi connectivity index (χ0n) is 15.1. The first-order valence-corrected chi connectivity index (χ1v) is 8.49. The Balaban J connectivity index is 2.40. The van der Waals surface area contributed by atoms with Gasteiger partial charge in [0.2, 0.25) is 0 Å². The number of anilines is 1. The second-order valence-electron chi connectivity index (χ2n) is 5.58. The molecule has 0 saturated heterocycles. The quantitative estimate of drug-likeness (QED) is 0.541. The summed E-state index contributed by atoms with van der Waals surface area (Å²) in [5, 5.41) is 21.4. The lowest BCUT2D eigenvalue weighted by atomic mass is 10.1. The van der Waals surface area contributed by atoms with Gasteiger partial charge in [0, 0.05) is 5.56 Å². The summed E-state index contributed by atoms with van der Waals surface area (Å²) in [6, 6.07) is 13.2. The van der Waals surface area contributed by atoms with Crippen LogP contribution in [0.15, 0.2) is 48.0 Å². The summed E-state index contributed by atoms with van der Waals surface area (Å²) in [6.07, 6.45) is 0.129. The van der Waals surface area contributed by atoms with Crippen LogP contribution in [-0.4, -0.2) is 30.2 Å². The third kappa shape index (κ3) is 5.02. The lowest BCUT2D eigenvalue weighted by Crippen LogP contribution is -2.23. The SMILES string of the molecule is COc1cccc(/C=C(/C#N)C(=O)Nc2ccccc2Cl)c1O[C@H](C)C(=O)O. The number of hydrogen-bond donors (Lipinski definition) is 2. The number of benzene rings is 2. The lowest BCUT2D eigenvalue weighted by Gasteiger charge is -2.16. The molecular weight excluding hydrogens is 384 g/mol. The van der Waals surface area contributed by atoms with Gasteiger partial charge in [0.1, 0.15) is 11.6 Å². The molecule has 1 atom stereocenters. The molecule has 0 aliphatic heterocycles. The Bertz CT molecular complexity index is 965. The number of hydrogen-bond acceptors (Lipinski definition) is 5. The maximum atomic E-state index is 12.5. The number of amides is 1. The van der Waals surface area contributed by atoms with Crippen LogP contribution in [0.5, 0.6) is 11.5 Å². The van der Waals surface area contributed by atoms with Crippen molar-refractivity contribution in [3.8, 4) is 17.6 Å². The minimum atomic E-state index is -1.17. The number of nitrogens with one attached hydrogen (secondary N) is 1. The maximum absolute atomic E-state index is 12.5. The molecule has 28 heavy (non-hydrogen) atoms. The van der Waals surface area contributed by atoms with Gasteiger partial charge in [-0.1, -0.05) is 35.9 Å². The molecular formula is C20H17ClN2O5. The standard InChI is InChI=1S/C20H17ClN2O5/c1-12(20(25)26)28-18-13(6-5-9-17(18)27-2)10-14(11-22)19(24)23-16-8-4-3-7-15(16)21/h3-10,12H,1-2H3,(H,23,24)(H,25,26)/b14-10-/t12-/m1/s1. The number of carbonyl (C=O) groups excluding carboxylic acids is 1. The number of carbonyl (C=O) groups is 2. The van der Waals surface area contributed by atoms with E-state index < -0.39 is 18.0 Å². The fourth-order valence-electron chi connectivity index (χ4n) is 2.22. The van der Waals surface area contributed by atoms with E-state index in [1.54, 1.807) is 42.5 Å². The minimum absolute atomic E-state index is 0.109. The molecule has 0 fully saturated rings. The molecule has 0 aromatic heterocycles. The molecule has 0 spiro atoms. The number of nitrogens with zero attached hydrogens (tertiary/aromatic N) is 1. The van der Waals surface area contributed by atoms with Crippen molar-refractivity contribution in [3.05, 3.63) is 58.6 Å². The summed E-state index contributed by atoms with van der Waals surface area (Å²) in [6.45, 7) is 1.36. The van der Waals surface area contributed by atoms with Crippen LogP contribution in [0.1, 0.15) is 12.5 Å². The molecule has 0 saturated carbocycles. The normalized spacial score (nSPS) is 11.9. The van der Waals surface area contributed by atoms with Crippen molar-refractivity contribution < 1.29 is 24.2 Å².